The van der Waals surface area contributed by atoms with E-state index < -0.39 is 38.2 Å². The number of hydrogen-bond donors (Lipinski definition) is 5. The lowest BCUT2D eigenvalue weighted by Gasteiger charge is -2.36. The number of hydrogen-bond acceptors (Lipinski definition) is 12. The van der Waals surface area contributed by atoms with Gasteiger partial charge in [-0.2, -0.15) is 0 Å². The number of carbonyl (C=O) groups excluding carboxylic acids is 4. The SMILES string of the molecule is CC(C)C(NC(=O)CCOCCOCCOCCOCCOCCOCCN=[N+]=[N-])C(=O)NC(CCCNC(N)=O)C(=O)Nc1ccc(O[Si](C)(C)C(C)(C)C)cc1. The Balaban J connectivity index is 2.41. The first-order valence-corrected chi connectivity index (χ1v) is 22.7. The van der Waals surface area contributed by atoms with Gasteiger partial charge in [0.15, 0.2) is 0 Å². The predicted octanol–water partition coefficient (Wildman–Crippen LogP) is 3.88. The maximum absolute atomic E-state index is 13.5. The Morgan fingerprint density at radius 3 is 1.74 bits per heavy atom. The number of nitrogens with one attached hydrogen (secondary N) is 4. The van der Waals surface area contributed by atoms with E-state index >= 15 is 0 Å². The van der Waals surface area contributed by atoms with Gasteiger partial charge in [-0.3, -0.25) is 14.4 Å². The molecule has 0 aliphatic rings. The van der Waals surface area contributed by atoms with E-state index in [1.165, 1.54) is 0 Å². The van der Waals surface area contributed by atoms with Gasteiger partial charge in [0.05, 0.1) is 79.3 Å². The lowest BCUT2D eigenvalue weighted by Crippen LogP contribution is -2.54. The number of benzene rings is 1. The number of azide groups is 1. The summed E-state index contributed by atoms with van der Waals surface area (Å²) < 4.78 is 38.8. The normalized spacial score (nSPS) is 12.6. The molecule has 6 N–H and O–H groups in total. The Hall–Kier alpha value is -4.01. The topological polar surface area (TPSA) is 256 Å². The number of ether oxygens (including phenoxy) is 6. The lowest BCUT2D eigenvalue weighted by atomic mass is 10.0. The summed E-state index contributed by atoms with van der Waals surface area (Å²) in [6, 6.07) is 4.53. The van der Waals surface area contributed by atoms with E-state index in [1.807, 2.05) is 0 Å². The van der Waals surface area contributed by atoms with Crippen molar-refractivity contribution >= 4 is 37.8 Å². The molecule has 1 rings (SSSR count). The van der Waals surface area contributed by atoms with Crippen LogP contribution in [0.1, 0.15) is 53.9 Å². The molecule has 330 valence electrons. The van der Waals surface area contributed by atoms with Crippen molar-refractivity contribution < 1.29 is 52.0 Å². The van der Waals surface area contributed by atoms with Gasteiger partial charge < -0.3 is 59.8 Å². The summed E-state index contributed by atoms with van der Waals surface area (Å²) in [5.74, 6) is -0.916. The molecule has 1 aromatic rings. The van der Waals surface area contributed by atoms with Crippen LogP contribution in [0.3, 0.4) is 0 Å². The highest BCUT2D eigenvalue weighted by Crippen LogP contribution is 2.37. The fourth-order valence-corrected chi connectivity index (χ4v) is 5.66. The molecule has 0 spiro atoms. The fourth-order valence-electron chi connectivity index (χ4n) is 4.63. The zero-order chi connectivity index (χ0) is 43.2. The summed E-state index contributed by atoms with van der Waals surface area (Å²) in [7, 11) is -2.05. The molecule has 2 unspecified atom stereocenters. The molecule has 0 aliphatic carbocycles. The summed E-state index contributed by atoms with van der Waals surface area (Å²) in [5, 5.41) is 14.3. The van der Waals surface area contributed by atoms with Crippen LogP contribution in [-0.4, -0.2) is 137 Å². The maximum atomic E-state index is 13.5. The van der Waals surface area contributed by atoms with Gasteiger partial charge in [-0.05, 0) is 66.7 Å². The molecule has 5 amide bonds. The molecule has 19 nitrogen and oxygen atoms in total. The van der Waals surface area contributed by atoms with Crippen LogP contribution in [0.2, 0.25) is 18.1 Å². The number of nitrogens with zero attached hydrogens (tertiary/aromatic N) is 3. The standard InChI is InChI=1S/C38H68N8O11Si/c1-29(2)34(45-33(47)14-17-51-19-21-53-23-25-55-27-28-56-26-24-54-22-20-52-18-16-42-46-40)36(49)44-32(9-8-15-41-37(39)50)35(48)43-30-10-12-31(13-11-30)57-58(6,7)38(3,4)5/h10-13,29,32,34H,8-9,14-28H2,1-7H3,(H,43,48)(H,44,49)(H,45,47)(H3,39,41,50). The van der Waals surface area contributed by atoms with Gasteiger partial charge in [-0.25, -0.2) is 4.79 Å². The second kappa shape index (κ2) is 30.1. The van der Waals surface area contributed by atoms with Crippen LogP contribution in [0.25, 0.3) is 10.4 Å². The minimum Gasteiger partial charge on any atom is -0.544 e. The van der Waals surface area contributed by atoms with Crippen molar-refractivity contribution in [2.24, 2.45) is 16.8 Å². The van der Waals surface area contributed by atoms with Crippen LogP contribution in [0.5, 0.6) is 5.75 Å². The quantitative estimate of drug-likeness (QED) is 0.0223. The zero-order valence-corrected chi connectivity index (χ0v) is 36.5. The molecule has 1 aromatic carbocycles. The average molecular weight is 841 g/mol. The lowest BCUT2D eigenvalue weighted by molar-refractivity contribution is -0.132. The van der Waals surface area contributed by atoms with E-state index in [0.29, 0.717) is 90.5 Å². The minimum atomic E-state index is -2.05. The van der Waals surface area contributed by atoms with Gasteiger partial charge in [-0.15, -0.1) is 0 Å². The van der Waals surface area contributed by atoms with Crippen molar-refractivity contribution in [3.05, 3.63) is 34.7 Å². The molecule has 2 atom stereocenters. The van der Waals surface area contributed by atoms with E-state index in [2.05, 4.69) is 65.2 Å². The van der Waals surface area contributed by atoms with Crippen molar-refractivity contribution in [2.75, 3.05) is 97.7 Å². The van der Waals surface area contributed by atoms with Crippen molar-refractivity contribution in [3.8, 4) is 5.75 Å². The molecular weight excluding hydrogens is 773 g/mol. The highest BCUT2D eigenvalue weighted by molar-refractivity contribution is 6.74. The molecule has 0 radical (unpaired) electrons. The molecule has 0 fully saturated rings. The third-order valence-corrected chi connectivity index (χ3v) is 13.3. The molecule has 0 saturated heterocycles. The van der Waals surface area contributed by atoms with Crippen LogP contribution in [0, 0.1) is 5.92 Å². The number of amides is 5. The zero-order valence-electron chi connectivity index (χ0n) is 35.5. The molecule has 58 heavy (non-hydrogen) atoms. The Morgan fingerprint density at radius 1 is 0.776 bits per heavy atom. The number of anilines is 1. The number of primary amides is 1. The third kappa shape index (κ3) is 24.7. The van der Waals surface area contributed by atoms with Gasteiger partial charge >= 0.3 is 6.03 Å². The number of urea groups is 1. The highest BCUT2D eigenvalue weighted by atomic mass is 28.4. The van der Waals surface area contributed by atoms with Crippen LogP contribution < -0.4 is 31.4 Å². The average Bonchev–Trinajstić information content (AvgIpc) is 3.15. The molecule has 0 bridgehead atoms. The minimum absolute atomic E-state index is 0.0223. The number of rotatable bonds is 33. The van der Waals surface area contributed by atoms with Gasteiger partial charge in [0.2, 0.25) is 26.0 Å². The Kier molecular flexibility index (Phi) is 27.0. The van der Waals surface area contributed by atoms with E-state index in [0.717, 1.165) is 0 Å². The Bertz CT molecular complexity index is 1380. The maximum Gasteiger partial charge on any atom is 0.312 e. The van der Waals surface area contributed by atoms with Gasteiger partial charge in [0.1, 0.15) is 17.8 Å². The Labute approximate surface area is 344 Å². The number of carbonyl (C=O) groups is 4. The first-order valence-electron chi connectivity index (χ1n) is 19.8. The summed E-state index contributed by atoms with van der Waals surface area (Å²) in [4.78, 5) is 53.5. The van der Waals surface area contributed by atoms with Gasteiger partial charge in [-0.1, -0.05) is 39.7 Å². The monoisotopic (exact) mass is 840 g/mol. The van der Waals surface area contributed by atoms with E-state index in [4.69, 9.17) is 44.1 Å². The molecule has 0 saturated carbocycles. The van der Waals surface area contributed by atoms with Crippen LogP contribution in [0.15, 0.2) is 29.4 Å². The summed E-state index contributed by atoms with van der Waals surface area (Å²) in [6.07, 6.45) is 0.591. The molecule has 0 aliphatic heterocycles. The summed E-state index contributed by atoms with van der Waals surface area (Å²) in [6.45, 7) is 19.3. The Morgan fingerprint density at radius 2 is 1.28 bits per heavy atom. The summed E-state index contributed by atoms with van der Waals surface area (Å²) >= 11 is 0. The molecule has 20 heteroatoms. The highest BCUT2D eigenvalue weighted by Gasteiger charge is 2.39. The van der Waals surface area contributed by atoms with Crippen molar-refractivity contribution in [1.82, 2.24) is 16.0 Å². The van der Waals surface area contributed by atoms with E-state index in [-0.39, 0.29) is 49.5 Å². The van der Waals surface area contributed by atoms with Crippen LogP contribution in [0.4, 0.5) is 10.5 Å². The predicted molar refractivity (Wildman–Crippen MR) is 222 cm³/mol. The second-order valence-corrected chi connectivity index (χ2v) is 19.8. The van der Waals surface area contributed by atoms with E-state index in [1.54, 1.807) is 38.1 Å². The smallest absolute Gasteiger partial charge is 0.312 e. The van der Waals surface area contributed by atoms with Crippen molar-refractivity contribution in [2.45, 2.75) is 84.1 Å². The van der Waals surface area contributed by atoms with E-state index in [9.17, 15) is 19.2 Å². The molecular formula is C38H68N8O11Si. The summed E-state index contributed by atoms with van der Waals surface area (Å²) in [5.41, 5.74) is 13.9. The van der Waals surface area contributed by atoms with Crippen molar-refractivity contribution in [3.63, 3.8) is 0 Å². The van der Waals surface area contributed by atoms with Crippen LogP contribution >= 0.6 is 0 Å². The molecule has 0 heterocycles. The fraction of sp³-hybridized carbons (Fsp3) is 0.737. The first-order chi connectivity index (χ1) is 27.6. The molecule has 0 aromatic heterocycles. The van der Waals surface area contributed by atoms with Gasteiger partial charge in [0, 0.05) is 30.1 Å². The van der Waals surface area contributed by atoms with Gasteiger partial charge in [0.25, 0.3) is 0 Å². The third-order valence-electron chi connectivity index (χ3n) is 8.90. The second-order valence-electron chi connectivity index (χ2n) is 15.0. The van der Waals surface area contributed by atoms with Crippen molar-refractivity contribution in [1.29, 1.82) is 0 Å². The number of nitrogens with two attached hydrogens (primary N) is 1. The first kappa shape index (κ1) is 52.0. The largest absolute Gasteiger partial charge is 0.544 e. The van der Waals surface area contributed by atoms with Crippen LogP contribution in [-0.2, 0) is 42.8 Å².